The van der Waals surface area contributed by atoms with Crippen LogP contribution >= 0.6 is 0 Å². The van der Waals surface area contributed by atoms with Crippen molar-refractivity contribution in [1.29, 1.82) is 0 Å². The van der Waals surface area contributed by atoms with Crippen LogP contribution in [0, 0.1) is 0 Å². The first kappa shape index (κ1) is 45.5. The third kappa shape index (κ3) is 24.6. The SMILES string of the molecule is CCCCCCCCCCCCCCCC(=O)NCc1ccc(-c2ccc(C[C@@H](C)NC(=O)CCCCCCCCCCCCCCC)cc2)cc1. The summed E-state index contributed by atoms with van der Waals surface area (Å²) in [6.45, 7) is 7.24. The molecule has 0 bridgehead atoms. The van der Waals surface area contributed by atoms with E-state index in [4.69, 9.17) is 0 Å². The molecule has 52 heavy (non-hydrogen) atoms. The van der Waals surface area contributed by atoms with Gasteiger partial charge in [-0.3, -0.25) is 9.59 Å². The molecule has 294 valence electrons. The van der Waals surface area contributed by atoms with Crippen LogP contribution in [-0.4, -0.2) is 17.9 Å². The first-order valence-electron chi connectivity index (χ1n) is 22.3. The van der Waals surface area contributed by atoms with Gasteiger partial charge in [0.1, 0.15) is 0 Å². The number of hydrogen-bond donors (Lipinski definition) is 2. The van der Waals surface area contributed by atoms with Crippen LogP contribution in [-0.2, 0) is 22.6 Å². The van der Waals surface area contributed by atoms with Crippen LogP contribution < -0.4 is 10.6 Å². The Bertz CT molecular complexity index is 1130. The van der Waals surface area contributed by atoms with Crippen molar-refractivity contribution in [3.63, 3.8) is 0 Å². The lowest BCUT2D eigenvalue weighted by Crippen LogP contribution is -2.33. The highest BCUT2D eigenvalue weighted by atomic mass is 16.2. The van der Waals surface area contributed by atoms with Crippen molar-refractivity contribution in [2.45, 2.75) is 220 Å². The van der Waals surface area contributed by atoms with E-state index >= 15 is 0 Å². The molecule has 2 aromatic carbocycles. The summed E-state index contributed by atoms with van der Waals surface area (Å²) in [6.07, 6.45) is 36.5. The lowest BCUT2D eigenvalue weighted by Gasteiger charge is -2.14. The maximum atomic E-state index is 12.5. The Morgan fingerprint density at radius 3 is 1.15 bits per heavy atom. The zero-order valence-corrected chi connectivity index (χ0v) is 34.2. The maximum Gasteiger partial charge on any atom is 0.220 e. The molecule has 4 heteroatoms. The maximum absolute atomic E-state index is 12.5. The number of unbranched alkanes of at least 4 members (excludes halogenated alkanes) is 24. The molecule has 0 heterocycles. The van der Waals surface area contributed by atoms with Crippen molar-refractivity contribution in [3.05, 3.63) is 59.7 Å². The molecule has 0 aliphatic carbocycles. The molecular formula is C48H80N2O2. The van der Waals surface area contributed by atoms with Crippen LogP contribution in [0.2, 0.25) is 0 Å². The molecule has 1 atom stereocenters. The summed E-state index contributed by atoms with van der Waals surface area (Å²) in [5.74, 6) is 0.343. The molecule has 2 aromatic rings. The monoisotopic (exact) mass is 717 g/mol. The van der Waals surface area contributed by atoms with Crippen molar-refractivity contribution in [2.75, 3.05) is 0 Å². The fourth-order valence-corrected chi connectivity index (χ4v) is 7.30. The molecule has 0 saturated heterocycles. The molecule has 0 radical (unpaired) electrons. The highest BCUT2D eigenvalue weighted by Crippen LogP contribution is 2.21. The average Bonchev–Trinajstić information content (AvgIpc) is 3.15. The standard InChI is InChI=1S/C48H80N2O2/c1-4-6-8-10-12-14-16-18-20-22-24-26-28-30-47(51)49-41-44-34-38-46(39-35-44)45-36-32-43(33-37-45)40-42(3)50-48(52)31-29-27-25-23-21-19-17-15-13-11-9-7-5-2/h32-39,42H,4-31,40-41H2,1-3H3,(H,49,51)(H,50,52)/t42-/m1/s1. The highest BCUT2D eigenvalue weighted by Gasteiger charge is 2.09. The number of hydrogen-bond acceptors (Lipinski definition) is 2. The normalized spacial score (nSPS) is 11.8. The van der Waals surface area contributed by atoms with Crippen LogP contribution in [0.3, 0.4) is 0 Å². The van der Waals surface area contributed by atoms with Crippen molar-refractivity contribution in [2.24, 2.45) is 0 Å². The van der Waals surface area contributed by atoms with Crippen LogP contribution in [0.5, 0.6) is 0 Å². The molecule has 0 aliphatic heterocycles. The third-order valence-electron chi connectivity index (χ3n) is 10.7. The van der Waals surface area contributed by atoms with Crippen molar-refractivity contribution in [3.8, 4) is 11.1 Å². The van der Waals surface area contributed by atoms with Gasteiger partial charge in [-0.05, 0) is 48.4 Å². The van der Waals surface area contributed by atoms with E-state index in [0.717, 1.165) is 37.7 Å². The van der Waals surface area contributed by atoms with Gasteiger partial charge in [-0.1, -0.05) is 216 Å². The van der Waals surface area contributed by atoms with Crippen molar-refractivity contribution >= 4 is 11.8 Å². The largest absolute Gasteiger partial charge is 0.353 e. The fourth-order valence-electron chi connectivity index (χ4n) is 7.30. The Morgan fingerprint density at radius 2 is 0.769 bits per heavy atom. The Labute approximate surface area is 321 Å². The van der Waals surface area contributed by atoms with Gasteiger partial charge in [0.15, 0.2) is 0 Å². The zero-order valence-electron chi connectivity index (χ0n) is 34.2. The second-order valence-electron chi connectivity index (χ2n) is 15.8. The predicted octanol–water partition coefficient (Wildman–Crippen LogP) is 14.0. The summed E-state index contributed by atoms with van der Waals surface area (Å²) in [5.41, 5.74) is 4.72. The van der Waals surface area contributed by atoms with Crippen molar-refractivity contribution < 1.29 is 9.59 Å². The Balaban J connectivity index is 1.50. The van der Waals surface area contributed by atoms with E-state index in [9.17, 15) is 9.59 Å². The molecule has 0 spiro atoms. The van der Waals surface area contributed by atoms with Gasteiger partial charge < -0.3 is 10.6 Å². The molecule has 0 aliphatic rings. The highest BCUT2D eigenvalue weighted by molar-refractivity contribution is 5.76. The first-order chi connectivity index (χ1) is 25.5. The summed E-state index contributed by atoms with van der Waals surface area (Å²) in [5, 5.41) is 6.31. The molecule has 2 amide bonds. The van der Waals surface area contributed by atoms with Gasteiger partial charge in [0.05, 0.1) is 0 Å². The first-order valence-corrected chi connectivity index (χ1v) is 22.3. The van der Waals surface area contributed by atoms with E-state index < -0.39 is 0 Å². The van der Waals surface area contributed by atoms with Gasteiger partial charge in [-0.2, -0.15) is 0 Å². The van der Waals surface area contributed by atoms with Gasteiger partial charge in [0.2, 0.25) is 11.8 Å². The second kappa shape index (κ2) is 31.9. The minimum absolute atomic E-state index is 0.124. The molecule has 2 rings (SSSR count). The van der Waals surface area contributed by atoms with Crippen LogP contribution in [0.15, 0.2) is 48.5 Å². The number of rotatable bonds is 34. The number of carbonyl (C=O) groups is 2. The van der Waals surface area contributed by atoms with E-state index in [1.54, 1.807) is 0 Å². The average molecular weight is 717 g/mol. The number of carbonyl (C=O) groups excluding carboxylic acids is 2. The number of nitrogens with one attached hydrogen (secondary N) is 2. The lowest BCUT2D eigenvalue weighted by atomic mass is 10.00. The van der Waals surface area contributed by atoms with Gasteiger partial charge in [0.25, 0.3) is 0 Å². The van der Waals surface area contributed by atoms with Gasteiger partial charge in [0, 0.05) is 25.4 Å². The quantitative estimate of drug-likeness (QED) is 0.0708. The minimum Gasteiger partial charge on any atom is -0.353 e. The topological polar surface area (TPSA) is 58.2 Å². The molecule has 0 saturated carbocycles. The van der Waals surface area contributed by atoms with E-state index in [-0.39, 0.29) is 17.9 Å². The Morgan fingerprint density at radius 1 is 0.442 bits per heavy atom. The smallest absolute Gasteiger partial charge is 0.220 e. The lowest BCUT2D eigenvalue weighted by molar-refractivity contribution is -0.122. The molecule has 0 unspecified atom stereocenters. The zero-order chi connectivity index (χ0) is 37.3. The number of benzene rings is 2. The summed E-state index contributed by atoms with van der Waals surface area (Å²) in [7, 11) is 0. The molecule has 0 fully saturated rings. The van der Waals surface area contributed by atoms with Crippen LogP contribution in [0.4, 0.5) is 0 Å². The summed E-state index contributed by atoms with van der Waals surface area (Å²) < 4.78 is 0. The number of amides is 2. The summed E-state index contributed by atoms with van der Waals surface area (Å²) >= 11 is 0. The molecule has 0 aromatic heterocycles. The van der Waals surface area contributed by atoms with Crippen LogP contribution in [0.25, 0.3) is 11.1 Å². The minimum atomic E-state index is 0.124. The molecule has 2 N–H and O–H groups in total. The summed E-state index contributed by atoms with van der Waals surface area (Å²) in [4.78, 5) is 24.9. The second-order valence-corrected chi connectivity index (χ2v) is 15.8. The van der Waals surface area contributed by atoms with Crippen molar-refractivity contribution in [1.82, 2.24) is 10.6 Å². The van der Waals surface area contributed by atoms with Crippen LogP contribution in [0.1, 0.15) is 212 Å². The fraction of sp³-hybridized carbons (Fsp3) is 0.708. The molecule has 4 nitrogen and oxygen atoms in total. The third-order valence-corrected chi connectivity index (χ3v) is 10.7. The Kier molecular flexibility index (Phi) is 27.9. The molecular weight excluding hydrogens is 637 g/mol. The van der Waals surface area contributed by atoms with Gasteiger partial charge >= 0.3 is 0 Å². The van der Waals surface area contributed by atoms with E-state index in [0.29, 0.717) is 19.4 Å². The van der Waals surface area contributed by atoms with Gasteiger partial charge in [-0.25, -0.2) is 0 Å². The van der Waals surface area contributed by atoms with E-state index in [1.165, 1.54) is 158 Å². The summed E-state index contributed by atoms with van der Waals surface area (Å²) in [6, 6.07) is 17.3. The Hall–Kier alpha value is -2.62. The van der Waals surface area contributed by atoms with E-state index in [1.807, 2.05) is 0 Å². The predicted molar refractivity (Wildman–Crippen MR) is 226 cm³/mol. The van der Waals surface area contributed by atoms with E-state index in [2.05, 4.69) is 79.9 Å². The van der Waals surface area contributed by atoms with Gasteiger partial charge in [-0.15, -0.1) is 0 Å².